The van der Waals surface area contributed by atoms with Crippen LogP contribution in [0, 0.1) is 23.7 Å². The fourth-order valence-electron chi connectivity index (χ4n) is 2.68. The van der Waals surface area contributed by atoms with Gasteiger partial charge < -0.3 is 15.7 Å². The summed E-state index contributed by atoms with van der Waals surface area (Å²) in [4.78, 5) is 22.8. The largest absolute Gasteiger partial charge is 0.480 e. The lowest BCUT2D eigenvalue weighted by molar-refractivity contribution is -0.140. The number of carboxylic acid groups (broad SMARTS) is 1. The topological polar surface area (TPSA) is 78.4 Å². The Kier molecular flexibility index (Phi) is 4.32. The number of hydrogen-bond acceptors (Lipinski definition) is 2. The average Bonchev–Trinajstić information content (AvgIpc) is 3.17. The van der Waals surface area contributed by atoms with Crippen LogP contribution < -0.4 is 10.6 Å². The Morgan fingerprint density at radius 2 is 1.68 bits per heavy atom. The second-order valence-corrected chi connectivity index (χ2v) is 6.25. The van der Waals surface area contributed by atoms with Gasteiger partial charge in [0.1, 0.15) is 6.04 Å². The van der Waals surface area contributed by atoms with Crippen LogP contribution in [0.5, 0.6) is 0 Å². The summed E-state index contributed by atoms with van der Waals surface area (Å²) in [5.74, 6) is 1.08. The second kappa shape index (κ2) is 5.80. The van der Waals surface area contributed by atoms with E-state index in [4.69, 9.17) is 5.11 Å². The summed E-state index contributed by atoms with van der Waals surface area (Å²) in [6.07, 6.45) is 5.14. The van der Waals surface area contributed by atoms with Gasteiger partial charge in [-0.1, -0.05) is 13.8 Å². The molecule has 2 aliphatic carbocycles. The molecule has 3 N–H and O–H groups in total. The number of rotatable bonds is 7. The smallest absolute Gasteiger partial charge is 0.326 e. The summed E-state index contributed by atoms with van der Waals surface area (Å²) in [6.45, 7) is 4.26. The maximum Gasteiger partial charge on any atom is 0.326 e. The quantitative estimate of drug-likeness (QED) is 0.659. The van der Waals surface area contributed by atoms with Crippen molar-refractivity contribution in [3.63, 3.8) is 0 Å². The van der Waals surface area contributed by atoms with Crippen molar-refractivity contribution in [2.45, 2.75) is 45.6 Å². The van der Waals surface area contributed by atoms with Crippen molar-refractivity contribution in [1.29, 1.82) is 0 Å². The Labute approximate surface area is 114 Å². The van der Waals surface area contributed by atoms with Crippen molar-refractivity contribution in [3.8, 4) is 0 Å². The summed E-state index contributed by atoms with van der Waals surface area (Å²) in [7, 11) is 0. The fourth-order valence-corrected chi connectivity index (χ4v) is 2.68. The van der Waals surface area contributed by atoms with E-state index >= 15 is 0 Å². The molecule has 19 heavy (non-hydrogen) atoms. The summed E-state index contributed by atoms with van der Waals surface area (Å²) in [5.41, 5.74) is 0. The number of urea groups is 1. The SMILES string of the molecule is CC(C)[C@@H](NC(=O)NCC(C1CC1)C1CC1)C(=O)O. The predicted molar refractivity (Wildman–Crippen MR) is 71.7 cm³/mol. The molecule has 0 aromatic heterocycles. The van der Waals surface area contributed by atoms with Crippen molar-refractivity contribution in [2.75, 3.05) is 6.54 Å². The minimum Gasteiger partial charge on any atom is -0.480 e. The van der Waals surface area contributed by atoms with Gasteiger partial charge in [-0.3, -0.25) is 0 Å². The van der Waals surface area contributed by atoms with Crippen LogP contribution in [0.4, 0.5) is 4.79 Å². The monoisotopic (exact) mass is 268 g/mol. The summed E-state index contributed by atoms with van der Waals surface area (Å²) >= 11 is 0. The van der Waals surface area contributed by atoms with E-state index in [-0.39, 0.29) is 11.9 Å². The van der Waals surface area contributed by atoms with Crippen LogP contribution in [-0.4, -0.2) is 29.7 Å². The number of nitrogens with one attached hydrogen (secondary N) is 2. The van der Waals surface area contributed by atoms with Gasteiger partial charge in [0.25, 0.3) is 0 Å². The van der Waals surface area contributed by atoms with Crippen LogP contribution in [0.3, 0.4) is 0 Å². The lowest BCUT2D eigenvalue weighted by Gasteiger charge is -2.20. The van der Waals surface area contributed by atoms with E-state index in [2.05, 4.69) is 10.6 Å². The van der Waals surface area contributed by atoms with Crippen LogP contribution in [0.15, 0.2) is 0 Å². The number of carbonyl (C=O) groups excluding carboxylic acids is 1. The molecule has 0 bridgehead atoms. The molecule has 5 heteroatoms. The minimum absolute atomic E-state index is 0.120. The molecule has 2 fully saturated rings. The molecule has 5 nitrogen and oxygen atoms in total. The summed E-state index contributed by atoms with van der Waals surface area (Å²) in [5, 5.41) is 14.4. The molecule has 0 spiro atoms. The van der Waals surface area contributed by atoms with Gasteiger partial charge in [0.05, 0.1) is 0 Å². The number of carbonyl (C=O) groups is 2. The molecule has 0 aromatic rings. The van der Waals surface area contributed by atoms with Gasteiger partial charge in [0.15, 0.2) is 0 Å². The number of amides is 2. The van der Waals surface area contributed by atoms with Gasteiger partial charge in [-0.25, -0.2) is 9.59 Å². The molecular formula is C14H24N2O3. The van der Waals surface area contributed by atoms with E-state index in [1.165, 1.54) is 25.7 Å². The first-order valence-electron chi connectivity index (χ1n) is 7.26. The third-order valence-electron chi connectivity index (χ3n) is 4.17. The van der Waals surface area contributed by atoms with Gasteiger partial charge >= 0.3 is 12.0 Å². The highest BCUT2D eigenvalue weighted by molar-refractivity contribution is 5.82. The summed E-state index contributed by atoms with van der Waals surface area (Å²) < 4.78 is 0. The molecule has 2 rings (SSSR count). The highest BCUT2D eigenvalue weighted by atomic mass is 16.4. The first-order chi connectivity index (χ1) is 8.99. The van der Waals surface area contributed by atoms with Gasteiger partial charge in [0, 0.05) is 6.54 Å². The second-order valence-electron chi connectivity index (χ2n) is 6.25. The van der Waals surface area contributed by atoms with Gasteiger partial charge in [-0.2, -0.15) is 0 Å². The Balaban J connectivity index is 1.75. The molecule has 1 atom stereocenters. The van der Waals surface area contributed by atoms with Crippen LogP contribution in [-0.2, 0) is 4.79 Å². The van der Waals surface area contributed by atoms with Crippen molar-refractivity contribution in [2.24, 2.45) is 23.7 Å². The molecular weight excluding hydrogens is 244 g/mol. The highest BCUT2D eigenvalue weighted by Crippen LogP contribution is 2.48. The Bertz CT molecular complexity index is 337. The molecule has 0 heterocycles. The minimum atomic E-state index is -0.980. The van der Waals surface area contributed by atoms with Gasteiger partial charge in [-0.05, 0) is 49.4 Å². The van der Waals surface area contributed by atoms with Crippen LogP contribution in [0.25, 0.3) is 0 Å². The lowest BCUT2D eigenvalue weighted by Crippen LogP contribution is -2.49. The van der Waals surface area contributed by atoms with E-state index in [0.29, 0.717) is 12.5 Å². The Hall–Kier alpha value is -1.26. The van der Waals surface area contributed by atoms with Crippen LogP contribution in [0.1, 0.15) is 39.5 Å². The van der Waals surface area contributed by atoms with Crippen LogP contribution >= 0.6 is 0 Å². The van der Waals surface area contributed by atoms with E-state index in [1.54, 1.807) is 13.8 Å². The van der Waals surface area contributed by atoms with E-state index in [0.717, 1.165) is 11.8 Å². The Morgan fingerprint density at radius 3 is 2.05 bits per heavy atom. The molecule has 0 aliphatic heterocycles. The normalized spacial score (nSPS) is 20.4. The lowest BCUT2D eigenvalue weighted by atomic mass is 9.98. The van der Waals surface area contributed by atoms with Crippen molar-refractivity contribution < 1.29 is 14.7 Å². The molecule has 2 aliphatic rings. The first-order valence-corrected chi connectivity index (χ1v) is 7.26. The Morgan fingerprint density at radius 1 is 1.16 bits per heavy atom. The van der Waals surface area contributed by atoms with E-state index in [9.17, 15) is 9.59 Å². The zero-order chi connectivity index (χ0) is 14.0. The highest BCUT2D eigenvalue weighted by Gasteiger charge is 2.41. The molecule has 108 valence electrons. The molecule has 2 saturated carbocycles. The molecule has 0 saturated heterocycles. The molecule has 0 radical (unpaired) electrons. The third-order valence-corrected chi connectivity index (χ3v) is 4.17. The van der Waals surface area contributed by atoms with Crippen molar-refractivity contribution in [1.82, 2.24) is 10.6 Å². The molecule has 2 amide bonds. The van der Waals surface area contributed by atoms with Crippen LogP contribution in [0.2, 0.25) is 0 Å². The summed E-state index contributed by atoms with van der Waals surface area (Å²) in [6, 6.07) is -1.17. The van der Waals surface area contributed by atoms with E-state index < -0.39 is 12.0 Å². The van der Waals surface area contributed by atoms with E-state index in [1.807, 2.05) is 0 Å². The maximum absolute atomic E-state index is 11.8. The third kappa shape index (κ3) is 4.11. The number of carboxylic acids is 1. The first kappa shape index (κ1) is 14.2. The zero-order valence-corrected chi connectivity index (χ0v) is 11.7. The maximum atomic E-state index is 11.8. The van der Waals surface area contributed by atoms with Gasteiger partial charge in [-0.15, -0.1) is 0 Å². The van der Waals surface area contributed by atoms with Gasteiger partial charge in [0.2, 0.25) is 0 Å². The van der Waals surface area contributed by atoms with Crippen molar-refractivity contribution >= 4 is 12.0 Å². The zero-order valence-electron chi connectivity index (χ0n) is 11.7. The fraction of sp³-hybridized carbons (Fsp3) is 0.857. The predicted octanol–water partition coefficient (Wildman–Crippen LogP) is 1.83. The average molecular weight is 268 g/mol. The molecule has 0 unspecified atom stereocenters. The molecule has 0 aromatic carbocycles. The number of aliphatic carboxylic acids is 1. The standard InChI is InChI=1S/C14H24N2O3/c1-8(2)12(13(17)18)16-14(19)15-7-11(9-3-4-9)10-5-6-10/h8-12H,3-7H2,1-2H3,(H,17,18)(H2,15,16,19)/t12-/m1/s1. The number of hydrogen-bond donors (Lipinski definition) is 3. The van der Waals surface area contributed by atoms with Crippen molar-refractivity contribution in [3.05, 3.63) is 0 Å².